The van der Waals surface area contributed by atoms with Crippen LogP contribution in [0, 0.1) is 0 Å². The van der Waals surface area contributed by atoms with Crippen LogP contribution in [0.15, 0.2) is 47.3 Å². The van der Waals surface area contributed by atoms with Crippen LogP contribution < -0.4 is 26.8 Å². The number of ketones is 1. The van der Waals surface area contributed by atoms with Gasteiger partial charge in [-0.1, -0.05) is 49.9 Å². The minimum absolute atomic E-state index is 0.0989. The molecule has 0 saturated heterocycles. The number of unbranched alkanes of at least 4 members (excludes halogenated alkanes) is 5. The number of nitrogens with one attached hydrogen (secondary N) is 3. The zero-order valence-corrected chi connectivity index (χ0v) is 31.8. The lowest BCUT2D eigenvalue weighted by molar-refractivity contribution is -0.121. The number of pyridine rings is 1. The number of methoxy groups -OCH3 is 1. The number of fused-ring (bicyclic) bond motifs is 3. The van der Waals surface area contributed by atoms with Gasteiger partial charge in [-0.15, -0.1) is 0 Å². The molecular weight excluding hydrogens is 658 g/mol. The number of benzene rings is 2. The summed E-state index contributed by atoms with van der Waals surface area (Å²) in [6.45, 7) is 11.5. The van der Waals surface area contributed by atoms with Gasteiger partial charge >= 0.3 is 5.69 Å². The number of hydrogen-bond acceptors (Lipinski definition) is 9. The van der Waals surface area contributed by atoms with Crippen molar-refractivity contribution in [1.29, 1.82) is 0 Å². The quantitative estimate of drug-likeness (QED) is 0.0562. The second-order valence-electron chi connectivity index (χ2n) is 14.5. The van der Waals surface area contributed by atoms with Crippen molar-refractivity contribution in [3.63, 3.8) is 0 Å². The zero-order valence-electron chi connectivity index (χ0n) is 31.8. The molecule has 2 heterocycles. The molecule has 12 heteroatoms. The van der Waals surface area contributed by atoms with Crippen LogP contribution in [0.25, 0.3) is 21.9 Å². The van der Waals surface area contributed by atoms with Gasteiger partial charge < -0.3 is 35.7 Å². The highest BCUT2D eigenvalue weighted by Gasteiger charge is 2.17. The van der Waals surface area contributed by atoms with Gasteiger partial charge in [0.15, 0.2) is 5.78 Å². The number of Topliss-reactive ketones (excluding diaryl/α,β-unsaturated/α-hetero) is 1. The number of hydrogen-bond donors (Lipinski definition) is 4. The average Bonchev–Trinajstić information content (AvgIpc) is 3.44. The summed E-state index contributed by atoms with van der Waals surface area (Å²) in [5, 5.41) is 7.15. The van der Waals surface area contributed by atoms with Crippen LogP contribution >= 0.6 is 0 Å². The van der Waals surface area contributed by atoms with Crippen LogP contribution in [0.5, 0.6) is 5.75 Å². The number of nitrogens with two attached hydrogens (primary N) is 1. The molecule has 0 saturated carbocycles. The molecule has 1 amide bonds. The van der Waals surface area contributed by atoms with Crippen molar-refractivity contribution in [2.75, 3.05) is 59.3 Å². The largest absolute Gasteiger partial charge is 0.491 e. The van der Waals surface area contributed by atoms with Gasteiger partial charge in [0.1, 0.15) is 23.7 Å². The molecule has 5 N–H and O–H groups in total. The highest BCUT2D eigenvalue weighted by atomic mass is 16.5. The molecule has 0 unspecified atom stereocenters. The van der Waals surface area contributed by atoms with Crippen LogP contribution in [0.2, 0.25) is 0 Å². The van der Waals surface area contributed by atoms with Crippen molar-refractivity contribution in [3.8, 4) is 5.75 Å². The van der Waals surface area contributed by atoms with Crippen molar-refractivity contribution in [1.82, 2.24) is 30.1 Å². The van der Waals surface area contributed by atoms with E-state index in [0.29, 0.717) is 47.6 Å². The second-order valence-corrected chi connectivity index (χ2v) is 14.5. The summed E-state index contributed by atoms with van der Waals surface area (Å²) < 4.78 is 12.4. The van der Waals surface area contributed by atoms with Gasteiger partial charge in [0.25, 0.3) is 0 Å². The Bertz CT molecular complexity index is 1790. The summed E-state index contributed by atoms with van der Waals surface area (Å²) in [5.74, 6) is 0.630. The normalized spacial score (nSPS) is 11.9. The molecule has 0 radical (unpaired) electrons. The van der Waals surface area contributed by atoms with E-state index >= 15 is 0 Å². The second kappa shape index (κ2) is 20.1. The predicted octanol–water partition coefficient (Wildman–Crippen LogP) is 5.66. The zero-order chi connectivity index (χ0) is 37.5. The first kappa shape index (κ1) is 40.5. The number of anilines is 1. The smallest absolute Gasteiger partial charge is 0.326 e. The molecule has 0 bridgehead atoms. The molecule has 0 aliphatic carbocycles. The Hall–Kier alpha value is -4.26. The molecule has 4 rings (SSSR count). The number of H-pyrrole nitrogens is 1. The molecule has 2 aromatic carbocycles. The number of ether oxygens (including phenoxy) is 2. The van der Waals surface area contributed by atoms with Gasteiger partial charge in [-0.25, -0.2) is 9.78 Å². The topological polar surface area (TPSA) is 157 Å². The molecule has 4 aromatic rings. The molecule has 0 aliphatic rings. The van der Waals surface area contributed by atoms with E-state index in [9.17, 15) is 14.4 Å². The lowest BCUT2D eigenvalue weighted by atomic mass is 10.0. The molecule has 0 spiro atoms. The maximum absolute atomic E-state index is 13.0. The Balaban J connectivity index is 1.14. The van der Waals surface area contributed by atoms with Crippen LogP contribution in [-0.2, 0) is 16.1 Å². The average molecular weight is 718 g/mol. The first-order chi connectivity index (χ1) is 25.0. The van der Waals surface area contributed by atoms with Crippen LogP contribution in [0.1, 0.15) is 94.5 Å². The van der Waals surface area contributed by atoms with Gasteiger partial charge in [-0.05, 0) is 84.4 Å². The Morgan fingerprint density at radius 3 is 2.37 bits per heavy atom. The van der Waals surface area contributed by atoms with Crippen LogP contribution in [0.3, 0.4) is 0 Å². The van der Waals surface area contributed by atoms with Crippen LogP contribution in [-0.4, -0.2) is 90.2 Å². The number of nitrogens with zero attached hydrogens (tertiary/aromatic N) is 3. The number of carbonyl (C=O) groups excluding carboxylic acids is 2. The Morgan fingerprint density at radius 1 is 0.923 bits per heavy atom. The molecular formula is C40H59N7O5. The van der Waals surface area contributed by atoms with Gasteiger partial charge in [0, 0.05) is 49.1 Å². The maximum Gasteiger partial charge on any atom is 0.326 e. The molecule has 52 heavy (non-hydrogen) atoms. The number of nitrogen functional groups attached to an aromatic ring is 1. The highest BCUT2D eigenvalue weighted by molar-refractivity contribution is 6.06. The van der Waals surface area contributed by atoms with Gasteiger partial charge in [-0.2, -0.15) is 0 Å². The van der Waals surface area contributed by atoms with E-state index < -0.39 is 0 Å². The fourth-order valence-electron chi connectivity index (χ4n) is 6.05. The van der Waals surface area contributed by atoms with Crippen LogP contribution in [0.4, 0.5) is 5.82 Å². The number of aromatic amines is 1. The van der Waals surface area contributed by atoms with Crippen molar-refractivity contribution < 1.29 is 19.1 Å². The van der Waals surface area contributed by atoms with Gasteiger partial charge in [0.05, 0.1) is 24.2 Å². The lowest BCUT2D eigenvalue weighted by Crippen LogP contribution is -2.38. The monoisotopic (exact) mass is 717 g/mol. The Morgan fingerprint density at radius 2 is 1.63 bits per heavy atom. The first-order valence-corrected chi connectivity index (χ1v) is 18.7. The summed E-state index contributed by atoms with van der Waals surface area (Å²) in [6, 6.07) is 12.6. The standard InChI is InChI=1S/C40H59N7O5/c1-40(2,3)46(4)24-11-9-7-6-8-10-21-42-22-12-23-43-35(49)20-19-34(48)30-15-13-29(14-16-30)28-47-37-32-18-17-31(52-26-25-51-5)27-33(32)44-38(41)36(37)45-39(47)50/h13-18,27,42H,6-12,19-26,28H2,1-5H3,(H2,41,44)(H,43,49)(H,45,50). The number of amides is 1. The van der Waals surface area contributed by atoms with E-state index in [2.05, 4.69) is 53.3 Å². The fraction of sp³-hybridized carbons (Fsp3) is 0.550. The minimum Gasteiger partial charge on any atom is -0.491 e. The summed E-state index contributed by atoms with van der Waals surface area (Å²) in [6.07, 6.45) is 8.70. The lowest BCUT2D eigenvalue weighted by Gasteiger charge is -2.31. The first-order valence-electron chi connectivity index (χ1n) is 18.7. The van der Waals surface area contributed by atoms with E-state index in [-0.39, 0.29) is 48.1 Å². The SMILES string of the molecule is COCCOc1ccc2c(c1)nc(N)c1[nH]c(=O)n(Cc3ccc(C(=O)CCC(=O)NCCCNCCCCCCCCN(C)C(C)(C)C)cc3)c12. The Labute approximate surface area is 307 Å². The van der Waals surface area contributed by atoms with Crippen molar-refractivity contribution in [3.05, 3.63) is 64.1 Å². The molecule has 12 nitrogen and oxygen atoms in total. The fourth-order valence-corrected chi connectivity index (χ4v) is 6.05. The molecule has 2 aromatic heterocycles. The summed E-state index contributed by atoms with van der Waals surface area (Å²) in [5.41, 5.74) is 9.26. The highest BCUT2D eigenvalue weighted by Crippen LogP contribution is 2.29. The maximum atomic E-state index is 13.0. The minimum atomic E-state index is -0.310. The third-order valence-electron chi connectivity index (χ3n) is 9.55. The number of carbonyl (C=O) groups is 2. The van der Waals surface area contributed by atoms with Crippen molar-refractivity contribution in [2.24, 2.45) is 0 Å². The molecule has 0 fully saturated rings. The summed E-state index contributed by atoms with van der Waals surface area (Å²) in [4.78, 5) is 48.0. The van der Waals surface area contributed by atoms with E-state index in [1.54, 1.807) is 29.9 Å². The van der Waals surface area contributed by atoms with E-state index in [1.165, 1.54) is 38.5 Å². The van der Waals surface area contributed by atoms with Gasteiger partial charge in [0.2, 0.25) is 5.91 Å². The molecule has 284 valence electrons. The Kier molecular flexibility index (Phi) is 15.7. The van der Waals surface area contributed by atoms with E-state index in [0.717, 1.165) is 37.0 Å². The number of imidazole rings is 1. The predicted molar refractivity (Wildman–Crippen MR) is 209 cm³/mol. The number of rotatable bonds is 23. The third-order valence-corrected chi connectivity index (χ3v) is 9.55. The van der Waals surface area contributed by atoms with E-state index in [4.69, 9.17) is 15.2 Å². The third kappa shape index (κ3) is 12.2. The number of aromatic nitrogens is 3. The van der Waals surface area contributed by atoms with E-state index in [1.807, 2.05) is 24.3 Å². The summed E-state index contributed by atoms with van der Waals surface area (Å²) in [7, 11) is 3.82. The molecule has 0 atom stereocenters. The molecule has 0 aliphatic heterocycles. The summed E-state index contributed by atoms with van der Waals surface area (Å²) >= 11 is 0. The van der Waals surface area contributed by atoms with Gasteiger partial charge in [-0.3, -0.25) is 14.2 Å². The van der Waals surface area contributed by atoms with Crippen molar-refractivity contribution >= 4 is 39.4 Å². The van der Waals surface area contributed by atoms with Crippen molar-refractivity contribution in [2.45, 2.75) is 90.6 Å².